The number of nitrogens with zero attached hydrogens (tertiary/aromatic N) is 8. The molecule has 4 saturated heterocycles. The van der Waals surface area contributed by atoms with Crippen molar-refractivity contribution in [2.75, 3.05) is 52.1 Å². The first-order chi connectivity index (χ1) is 42.7. The second kappa shape index (κ2) is 29.7. The molecule has 0 amide bonds. The number of nitrogen functional groups attached to an aromatic ring is 2. The van der Waals surface area contributed by atoms with Gasteiger partial charge in [-0.3, -0.25) is 42.4 Å². The van der Waals surface area contributed by atoms with Crippen LogP contribution in [0.1, 0.15) is 45.2 Å². The highest BCUT2D eigenvalue weighted by Gasteiger charge is 2.48. The first-order valence-electron chi connectivity index (χ1n) is 27.2. The van der Waals surface area contributed by atoms with Crippen molar-refractivity contribution in [1.29, 1.82) is 0 Å². The average molecular weight is 1370 g/mol. The zero-order chi connectivity index (χ0) is 63.1. The lowest BCUT2D eigenvalue weighted by Crippen LogP contribution is -2.35. The fourth-order valence-electron chi connectivity index (χ4n) is 10.8. The highest BCUT2D eigenvalue weighted by atomic mass is 32.7. The SMILES string of the molecule is C.CO[C@H]1C(O)[C@@H](COP(=O)([S-])OC2C[C@H](n3cc(-c4ccco4)c(=O)[nH]c3=O)O[C@@H]2CO)O[C@H]1n1cnc2c(N)ccnc21.CO[C@H]1C(O)[C@@H](COP([O-])(=S)OC2C[C@H](n3cc(-c4ccccc4)c(=O)[nH]c3=O)O[C@@H]2CO)O[C@H]1n1cnc2c(N)ccnc21.[NH4+].[NH4+]. The van der Waals surface area contributed by atoms with Gasteiger partial charge in [0.1, 0.15) is 84.8 Å². The van der Waals surface area contributed by atoms with Crippen molar-refractivity contribution in [2.24, 2.45) is 0 Å². The zero-order valence-electron chi connectivity index (χ0n) is 48.7. The molecule has 0 spiro atoms. The molecule has 0 bridgehead atoms. The van der Waals surface area contributed by atoms with Crippen LogP contribution >= 0.6 is 13.5 Å². The number of rotatable bonds is 20. The molecule has 0 radical (unpaired) electrons. The number of nitrogens with two attached hydrogens (primary N) is 2. The fraction of sp³-hybridized carbons (Fsp3) is 0.434. The first kappa shape index (κ1) is 71.1. The number of aromatic amines is 2. The minimum Gasteiger partial charge on any atom is -0.780 e. The number of aliphatic hydroxyl groups is 4. The van der Waals surface area contributed by atoms with Crippen molar-refractivity contribution in [2.45, 2.75) is 106 Å². The number of nitrogens with one attached hydrogen (secondary N) is 2. The fourth-order valence-corrected chi connectivity index (χ4v) is 13.7. The molecule has 16 atom stereocenters. The number of quaternary nitrogens is 2. The Morgan fingerprint density at radius 2 is 1.15 bits per heavy atom. The summed E-state index contributed by atoms with van der Waals surface area (Å²) < 4.78 is 80.6. The zero-order valence-corrected chi connectivity index (χ0v) is 52.2. The highest BCUT2D eigenvalue weighted by Crippen LogP contribution is 2.51. The number of aliphatic hydroxyl groups excluding tert-OH is 4. The highest BCUT2D eigenvalue weighted by molar-refractivity contribution is 8.32. The lowest BCUT2D eigenvalue weighted by Gasteiger charge is -2.32. The molecule has 4 aliphatic rings. The Labute approximate surface area is 531 Å². The summed E-state index contributed by atoms with van der Waals surface area (Å²) in [6.45, 7) is -10.5. The van der Waals surface area contributed by atoms with Crippen LogP contribution in [0.4, 0.5) is 11.4 Å². The molecular weight excluding hydrogens is 1290 g/mol. The van der Waals surface area contributed by atoms with Crippen LogP contribution in [-0.2, 0) is 75.1 Å². The van der Waals surface area contributed by atoms with Gasteiger partial charge in [0.15, 0.2) is 30.5 Å². The van der Waals surface area contributed by atoms with Crippen LogP contribution in [0.5, 0.6) is 0 Å². The molecule has 12 rings (SSSR count). The van der Waals surface area contributed by atoms with E-state index in [0.29, 0.717) is 39.3 Å². The Hall–Kier alpha value is -6.75. The summed E-state index contributed by atoms with van der Waals surface area (Å²) in [5.74, 6) is 0.226. The normalized spacial score (nSPS) is 27.3. The molecule has 500 valence electrons. The Morgan fingerprint density at radius 1 is 0.674 bits per heavy atom. The topological polar surface area (TPSA) is 523 Å². The summed E-state index contributed by atoms with van der Waals surface area (Å²) in [6, 6.07) is 15.1. The molecule has 6 unspecified atom stereocenters. The maximum absolute atomic E-state index is 13.3. The van der Waals surface area contributed by atoms with E-state index in [1.165, 1.54) is 62.5 Å². The number of anilines is 2. The summed E-state index contributed by atoms with van der Waals surface area (Å²) in [5, 5.41) is 41.7. The number of imidazole rings is 2. The van der Waals surface area contributed by atoms with Gasteiger partial charge in [0.2, 0.25) is 0 Å². The van der Waals surface area contributed by atoms with Gasteiger partial charge in [-0.05, 0) is 29.8 Å². The number of benzene rings is 1. The number of aromatic nitrogens is 10. The van der Waals surface area contributed by atoms with Gasteiger partial charge in [0, 0.05) is 51.8 Å². The lowest BCUT2D eigenvalue weighted by atomic mass is 10.1. The number of methoxy groups -OCH3 is 2. The maximum atomic E-state index is 13.3. The molecule has 39 heteroatoms. The van der Waals surface area contributed by atoms with Gasteiger partial charge < -0.3 is 112 Å². The van der Waals surface area contributed by atoms with Crippen LogP contribution in [0.3, 0.4) is 0 Å². The molecule has 35 nitrogen and oxygen atoms in total. The molecule has 0 saturated carbocycles. The van der Waals surface area contributed by atoms with E-state index in [1.54, 1.807) is 63.7 Å². The van der Waals surface area contributed by atoms with E-state index < -0.39 is 148 Å². The molecule has 4 aliphatic heterocycles. The second-order valence-corrected chi connectivity index (χ2v) is 26.0. The van der Waals surface area contributed by atoms with Gasteiger partial charge in [-0.25, -0.2) is 29.5 Å². The molecule has 1 aromatic carbocycles. The van der Waals surface area contributed by atoms with E-state index in [2.05, 4.69) is 29.9 Å². The van der Waals surface area contributed by atoms with Crippen molar-refractivity contribution in [3.8, 4) is 22.5 Å². The van der Waals surface area contributed by atoms with E-state index in [0.717, 1.165) is 4.57 Å². The number of hydrogen-bond acceptors (Lipinski definition) is 29. The number of H-pyrrole nitrogens is 2. The monoisotopic (exact) mass is 1360 g/mol. The quantitative estimate of drug-likeness (QED) is 0.0382. The van der Waals surface area contributed by atoms with Gasteiger partial charge in [0.25, 0.3) is 11.1 Å². The third kappa shape index (κ3) is 14.6. The Kier molecular flexibility index (Phi) is 22.9. The molecule has 4 fully saturated rings. The summed E-state index contributed by atoms with van der Waals surface area (Å²) in [4.78, 5) is 85.0. The lowest BCUT2D eigenvalue weighted by molar-refractivity contribution is -0.215. The minimum atomic E-state index is -4.26. The largest absolute Gasteiger partial charge is 0.780 e. The van der Waals surface area contributed by atoms with Crippen LogP contribution in [0.25, 0.3) is 44.8 Å². The van der Waals surface area contributed by atoms with Crippen LogP contribution in [-0.4, -0.2) is 170 Å². The number of hydrogen-bond donors (Lipinski definition) is 10. The third-order valence-corrected chi connectivity index (χ3v) is 18.3. The van der Waals surface area contributed by atoms with E-state index in [4.69, 9.17) is 86.5 Å². The predicted molar refractivity (Wildman–Crippen MR) is 332 cm³/mol. The van der Waals surface area contributed by atoms with Gasteiger partial charge in [-0.2, -0.15) is 0 Å². The van der Waals surface area contributed by atoms with E-state index >= 15 is 0 Å². The Balaban J connectivity index is 0.000000229. The van der Waals surface area contributed by atoms with Gasteiger partial charge in [0.05, 0.1) is 80.1 Å². The number of furan rings is 1. The van der Waals surface area contributed by atoms with Crippen molar-refractivity contribution in [3.63, 3.8) is 0 Å². The predicted octanol–water partition coefficient (Wildman–Crippen LogP) is 1.59. The van der Waals surface area contributed by atoms with Gasteiger partial charge in [-0.1, -0.05) is 49.6 Å². The second-order valence-electron chi connectivity index (χ2n) is 20.6. The van der Waals surface area contributed by atoms with Crippen molar-refractivity contribution in [3.05, 3.63) is 140 Å². The molecule has 8 aromatic rings. The molecule has 92 heavy (non-hydrogen) atoms. The van der Waals surface area contributed by atoms with Crippen molar-refractivity contribution < 1.29 is 80.8 Å². The van der Waals surface area contributed by atoms with E-state index in [-0.39, 0.29) is 49.5 Å². The average Bonchev–Trinajstić information content (AvgIpc) is 1.65. The summed E-state index contributed by atoms with van der Waals surface area (Å²) in [5.41, 5.74) is 12.6. The van der Waals surface area contributed by atoms with Crippen molar-refractivity contribution in [1.82, 2.24) is 60.5 Å². The van der Waals surface area contributed by atoms with E-state index in [1.807, 2.05) is 0 Å². The molecule has 7 aromatic heterocycles. The first-order valence-corrected chi connectivity index (χ1v) is 32.3. The minimum absolute atomic E-state index is 0. The summed E-state index contributed by atoms with van der Waals surface area (Å²) in [7, 11) is 2.80. The molecule has 18 N–H and O–H groups in total. The van der Waals surface area contributed by atoms with Crippen LogP contribution in [0.15, 0.2) is 122 Å². The van der Waals surface area contributed by atoms with Crippen LogP contribution in [0, 0.1) is 0 Å². The van der Waals surface area contributed by atoms with E-state index in [9.17, 15) is 49.1 Å². The standard InChI is InChI=1S/C27H31N6O10PS.C25H29N6O11PS.CH4.2H3N/c1-39-23-22(35)19(42-26(23)33-13-30-21-16(28)7-8-29-24(21)33)12-40-44(38,45)43-17-9-20(41-18(17)11-34)32-10-15(25(36)31-27(32)37)14-5-3-2-4-6-14;1-37-21-20(33)17(41-24(21)31-11-28-19-13(26)4-5-27-22(19)31)10-39-43(36,44)42-15-7-18(40-16(15)9-32)30-8-12(14-3-2-6-38-14)23(34)29-25(30)35;;;/h2-8,10,13,17-20,22-23,26,34-35H,9,11-12H2,1H3,(H2,28,29)(H,38,45)(H,31,36,37);2-6,8,11,15-18,20-21,24,32-33H,7,9-10H2,1H3,(H2,26,27)(H,36,44)(H,29,34,35);1H4;2*1H3/t17?,18-,19-,20-,22?,23+,26-,44?;15?,16-,17-,18-,20?,21+,24-,43?;;;/m11.../s1. The summed E-state index contributed by atoms with van der Waals surface area (Å²) in [6.07, 6.45) is -4.31. The van der Waals surface area contributed by atoms with Crippen LogP contribution in [0.2, 0.25) is 0 Å². The Morgan fingerprint density at radius 3 is 1.63 bits per heavy atom. The number of pyridine rings is 2. The van der Waals surface area contributed by atoms with Crippen molar-refractivity contribution >= 4 is 71.3 Å². The third-order valence-electron chi connectivity index (χ3n) is 15.2. The number of ether oxygens (including phenoxy) is 6. The smallest absolute Gasteiger partial charge is 0.330 e. The summed E-state index contributed by atoms with van der Waals surface area (Å²) >= 11 is 10.2. The molecular formula is C53H70N14O21P2S2. The Bertz CT molecular complexity index is 4160. The molecule has 11 heterocycles. The van der Waals surface area contributed by atoms with Crippen LogP contribution < -0.4 is 51.2 Å². The molecule has 0 aliphatic carbocycles. The van der Waals surface area contributed by atoms with Gasteiger partial charge in [-0.15, -0.1) is 0 Å². The maximum Gasteiger partial charge on any atom is 0.330 e. The number of fused-ring (bicyclic) bond motifs is 2. The van der Waals surface area contributed by atoms with Gasteiger partial charge >= 0.3 is 11.4 Å².